The highest BCUT2D eigenvalue weighted by Gasteiger charge is 2.06. The van der Waals surface area contributed by atoms with Gasteiger partial charge in [-0.05, 0) is 24.3 Å². The van der Waals surface area contributed by atoms with Crippen LogP contribution < -0.4 is 10.9 Å². The summed E-state index contributed by atoms with van der Waals surface area (Å²) in [6.45, 7) is 0.0165. The van der Waals surface area contributed by atoms with Gasteiger partial charge in [-0.15, -0.1) is 0 Å². The number of nitrogens with one attached hydrogen (secondary N) is 1. The van der Waals surface area contributed by atoms with E-state index in [0.29, 0.717) is 12.1 Å². The van der Waals surface area contributed by atoms with Crippen molar-refractivity contribution >= 4 is 11.6 Å². The molecule has 0 aliphatic rings. The molecule has 0 fully saturated rings. The quantitative estimate of drug-likeness (QED) is 0.839. The number of benzene rings is 1. The van der Waals surface area contributed by atoms with Crippen molar-refractivity contribution in [3.63, 3.8) is 0 Å². The molecule has 1 heterocycles. The van der Waals surface area contributed by atoms with Gasteiger partial charge in [0.05, 0.1) is 12.2 Å². The molecule has 1 aromatic heterocycles. The van der Waals surface area contributed by atoms with Crippen molar-refractivity contribution in [2.75, 3.05) is 11.9 Å². The second kappa shape index (κ2) is 7.08. The third kappa shape index (κ3) is 4.34. The highest BCUT2D eigenvalue weighted by atomic mass is 16.4. The van der Waals surface area contributed by atoms with E-state index in [0.717, 1.165) is 11.8 Å². The molecule has 2 rings (SSSR count). The SMILES string of the molecule is O=C(Nc1cccc(C#CCCO)c1)c1ccc(=O)oc1. The minimum Gasteiger partial charge on any atom is -0.430 e. The highest BCUT2D eigenvalue weighted by molar-refractivity contribution is 6.03. The number of carbonyl (C=O) groups excluding carboxylic acids is 1. The van der Waals surface area contributed by atoms with Crippen molar-refractivity contribution in [1.29, 1.82) is 0 Å². The third-order valence-corrected chi connectivity index (χ3v) is 2.55. The van der Waals surface area contributed by atoms with Crippen LogP contribution >= 0.6 is 0 Å². The molecular formula is C16H13NO4. The average molecular weight is 283 g/mol. The molecule has 0 aliphatic heterocycles. The van der Waals surface area contributed by atoms with Crippen LogP contribution in [0.5, 0.6) is 0 Å². The van der Waals surface area contributed by atoms with Crippen LogP contribution in [0.3, 0.4) is 0 Å². The lowest BCUT2D eigenvalue weighted by molar-refractivity contribution is 0.102. The van der Waals surface area contributed by atoms with E-state index >= 15 is 0 Å². The van der Waals surface area contributed by atoms with Gasteiger partial charge in [0.1, 0.15) is 6.26 Å². The summed E-state index contributed by atoms with van der Waals surface area (Å²) < 4.78 is 4.64. The molecule has 0 bridgehead atoms. The first kappa shape index (κ1) is 14.6. The van der Waals surface area contributed by atoms with Gasteiger partial charge in [-0.3, -0.25) is 4.79 Å². The summed E-state index contributed by atoms with van der Waals surface area (Å²) in [4.78, 5) is 22.8. The molecule has 0 spiro atoms. The van der Waals surface area contributed by atoms with Crippen molar-refractivity contribution in [2.24, 2.45) is 0 Å². The summed E-state index contributed by atoms with van der Waals surface area (Å²) in [5.41, 5.74) is 1.07. The smallest absolute Gasteiger partial charge is 0.335 e. The summed E-state index contributed by atoms with van der Waals surface area (Å²) in [5.74, 6) is 5.32. The van der Waals surface area contributed by atoms with Crippen molar-refractivity contribution in [1.82, 2.24) is 0 Å². The largest absolute Gasteiger partial charge is 0.430 e. The Balaban J connectivity index is 2.11. The van der Waals surface area contributed by atoms with Crippen LogP contribution in [-0.4, -0.2) is 17.6 Å². The lowest BCUT2D eigenvalue weighted by Crippen LogP contribution is -2.12. The van der Waals surface area contributed by atoms with Crippen molar-refractivity contribution in [3.05, 3.63) is 64.2 Å². The number of anilines is 1. The molecule has 0 aliphatic carbocycles. The van der Waals surface area contributed by atoms with Gasteiger partial charge in [0.15, 0.2) is 0 Å². The van der Waals surface area contributed by atoms with Crippen LogP contribution in [0.2, 0.25) is 0 Å². The lowest BCUT2D eigenvalue weighted by atomic mass is 10.2. The van der Waals surface area contributed by atoms with Gasteiger partial charge in [-0.2, -0.15) is 0 Å². The molecule has 0 atom stereocenters. The van der Waals surface area contributed by atoms with Crippen molar-refractivity contribution < 1.29 is 14.3 Å². The van der Waals surface area contributed by atoms with E-state index < -0.39 is 5.63 Å². The van der Waals surface area contributed by atoms with Gasteiger partial charge in [-0.25, -0.2) is 4.79 Å². The summed E-state index contributed by atoms with van der Waals surface area (Å²) in [5, 5.41) is 11.4. The first-order chi connectivity index (χ1) is 10.2. The van der Waals surface area contributed by atoms with Crippen molar-refractivity contribution in [3.8, 4) is 11.8 Å². The summed E-state index contributed by atoms with van der Waals surface area (Å²) in [7, 11) is 0. The van der Waals surface area contributed by atoms with E-state index in [-0.39, 0.29) is 18.1 Å². The van der Waals surface area contributed by atoms with Gasteiger partial charge >= 0.3 is 5.63 Å². The summed E-state index contributed by atoms with van der Waals surface area (Å²) in [6, 6.07) is 9.61. The second-order valence-corrected chi connectivity index (χ2v) is 4.15. The number of rotatable bonds is 3. The topological polar surface area (TPSA) is 79.5 Å². The zero-order valence-corrected chi connectivity index (χ0v) is 11.1. The predicted molar refractivity (Wildman–Crippen MR) is 78.0 cm³/mol. The number of aliphatic hydroxyl groups excluding tert-OH is 1. The average Bonchev–Trinajstić information content (AvgIpc) is 2.48. The third-order valence-electron chi connectivity index (χ3n) is 2.55. The molecule has 0 radical (unpaired) electrons. The molecule has 106 valence electrons. The van der Waals surface area contributed by atoms with E-state index in [1.54, 1.807) is 18.2 Å². The number of hydrogen-bond donors (Lipinski definition) is 2. The Kier molecular flexibility index (Phi) is 4.91. The summed E-state index contributed by atoms with van der Waals surface area (Å²) in [6.07, 6.45) is 1.52. The maximum atomic E-state index is 12.0. The maximum absolute atomic E-state index is 12.0. The lowest BCUT2D eigenvalue weighted by Gasteiger charge is -2.04. The highest BCUT2D eigenvalue weighted by Crippen LogP contribution is 2.11. The molecule has 0 unspecified atom stereocenters. The zero-order valence-electron chi connectivity index (χ0n) is 11.1. The Labute approximate surface area is 121 Å². The van der Waals surface area contributed by atoms with Crippen LogP contribution in [0.15, 0.2) is 51.9 Å². The standard InChI is InChI=1S/C16H13NO4/c18-9-2-1-4-12-5-3-6-14(10-12)17-16(20)13-7-8-15(19)21-11-13/h3,5-8,10-11,18H,2,9H2,(H,17,20). The molecule has 5 heteroatoms. The van der Waals surface area contributed by atoms with Gasteiger partial charge in [0.2, 0.25) is 0 Å². The summed E-state index contributed by atoms with van der Waals surface area (Å²) >= 11 is 0. The Morgan fingerprint density at radius 3 is 2.86 bits per heavy atom. The zero-order chi connectivity index (χ0) is 15.1. The Morgan fingerprint density at radius 1 is 1.29 bits per heavy atom. The molecule has 21 heavy (non-hydrogen) atoms. The Hall–Kier alpha value is -2.84. The van der Waals surface area contributed by atoms with Gasteiger partial charge in [0.25, 0.3) is 5.91 Å². The monoisotopic (exact) mass is 283 g/mol. The van der Waals surface area contributed by atoms with Crippen LogP contribution in [0.1, 0.15) is 22.3 Å². The van der Waals surface area contributed by atoms with Crippen LogP contribution in [-0.2, 0) is 0 Å². The van der Waals surface area contributed by atoms with E-state index in [1.165, 1.54) is 12.1 Å². The van der Waals surface area contributed by atoms with Gasteiger partial charge in [0, 0.05) is 23.7 Å². The van der Waals surface area contributed by atoms with Crippen LogP contribution in [0, 0.1) is 11.8 Å². The normalized spacial score (nSPS) is 9.57. The van der Waals surface area contributed by atoms with E-state index in [1.807, 2.05) is 6.07 Å². The van der Waals surface area contributed by atoms with E-state index in [9.17, 15) is 9.59 Å². The van der Waals surface area contributed by atoms with Gasteiger partial charge in [-0.1, -0.05) is 17.9 Å². The van der Waals surface area contributed by atoms with Crippen molar-refractivity contribution in [2.45, 2.75) is 6.42 Å². The molecule has 0 saturated carbocycles. The fourth-order valence-corrected chi connectivity index (χ4v) is 1.59. The number of aliphatic hydroxyl groups is 1. The predicted octanol–water partition coefficient (Wildman–Crippen LogP) is 1.63. The Bertz CT molecular complexity index is 732. The van der Waals surface area contributed by atoms with Crippen LogP contribution in [0.4, 0.5) is 5.69 Å². The number of hydrogen-bond acceptors (Lipinski definition) is 4. The fourth-order valence-electron chi connectivity index (χ4n) is 1.59. The fraction of sp³-hybridized carbons (Fsp3) is 0.125. The molecule has 1 amide bonds. The van der Waals surface area contributed by atoms with Crippen LogP contribution in [0.25, 0.3) is 0 Å². The number of carbonyl (C=O) groups is 1. The minimum absolute atomic E-state index is 0.0165. The van der Waals surface area contributed by atoms with E-state index in [2.05, 4.69) is 21.6 Å². The molecular weight excluding hydrogens is 270 g/mol. The first-order valence-corrected chi connectivity index (χ1v) is 6.29. The maximum Gasteiger partial charge on any atom is 0.335 e. The Morgan fingerprint density at radius 2 is 2.14 bits per heavy atom. The first-order valence-electron chi connectivity index (χ1n) is 6.29. The van der Waals surface area contributed by atoms with Gasteiger partial charge < -0.3 is 14.8 Å². The second-order valence-electron chi connectivity index (χ2n) is 4.15. The molecule has 1 aromatic carbocycles. The molecule has 0 saturated heterocycles. The molecule has 2 aromatic rings. The molecule has 5 nitrogen and oxygen atoms in total. The minimum atomic E-state index is -0.507. The van der Waals surface area contributed by atoms with E-state index in [4.69, 9.17) is 5.11 Å². The number of amides is 1. The molecule has 2 N–H and O–H groups in total.